The lowest BCUT2D eigenvalue weighted by molar-refractivity contribution is -0.166. The minimum absolute atomic E-state index is 0.0985. The first-order chi connectivity index (χ1) is 32.0. The zero-order valence-corrected chi connectivity index (χ0v) is 43.3. The summed E-state index contributed by atoms with van der Waals surface area (Å²) in [6, 6.07) is 0. The Balaban J connectivity index is 4.08. The molecule has 65 heavy (non-hydrogen) atoms. The highest BCUT2D eigenvalue weighted by molar-refractivity contribution is 5.71. The van der Waals surface area contributed by atoms with Crippen LogP contribution in [0.2, 0.25) is 0 Å². The van der Waals surface area contributed by atoms with Crippen molar-refractivity contribution in [2.45, 2.75) is 297 Å². The van der Waals surface area contributed by atoms with Crippen LogP contribution in [0.25, 0.3) is 0 Å². The van der Waals surface area contributed by atoms with Gasteiger partial charge in [-0.3, -0.25) is 14.4 Å². The fourth-order valence-electron chi connectivity index (χ4n) is 8.16. The lowest BCUT2D eigenvalue weighted by Crippen LogP contribution is -2.30. The van der Waals surface area contributed by atoms with Crippen molar-refractivity contribution in [2.24, 2.45) is 0 Å². The summed E-state index contributed by atoms with van der Waals surface area (Å²) >= 11 is 0. The summed E-state index contributed by atoms with van der Waals surface area (Å²) in [4.78, 5) is 37.8. The first kappa shape index (κ1) is 62.4. The van der Waals surface area contributed by atoms with Crippen LogP contribution in [0.3, 0.4) is 0 Å². The molecule has 6 nitrogen and oxygen atoms in total. The monoisotopic (exact) mass is 911 g/mol. The molecule has 0 aliphatic carbocycles. The number of carbonyl (C=O) groups excluding carboxylic acids is 3. The lowest BCUT2D eigenvalue weighted by Gasteiger charge is -2.18. The van der Waals surface area contributed by atoms with Gasteiger partial charge < -0.3 is 14.2 Å². The van der Waals surface area contributed by atoms with Crippen LogP contribution in [0.15, 0.2) is 48.6 Å². The van der Waals surface area contributed by atoms with Gasteiger partial charge in [-0.2, -0.15) is 0 Å². The van der Waals surface area contributed by atoms with Gasteiger partial charge in [0.2, 0.25) is 0 Å². The molecule has 0 spiro atoms. The van der Waals surface area contributed by atoms with Gasteiger partial charge in [-0.25, -0.2) is 0 Å². The predicted molar refractivity (Wildman–Crippen MR) is 279 cm³/mol. The molecule has 0 bridgehead atoms. The highest BCUT2D eigenvalue weighted by Crippen LogP contribution is 2.17. The maximum Gasteiger partial charge on any atom is 0.306 e. The fraction of sp³-hybridized carbons (Fsp3) is 0.814. The first-order valence-corrected chi connectivity index (χ1v) is 28.1. The average Bonchev–Trinajstić information content (AvgIpc) is 3.30. The molecule has 0 aliphatic heterocycles. The quantitative estimate of drug-likeness (QED) is 0.0262. The summed E-state index contributed by atoms with van der Waals surface area (Å²) in [5.74, 6) is -0.978. The Bertz CT molecular complexity index is 1140. The Hall–Kier alpha value is -2.63. The maximum absolute atomic E-state index is 12.7. The van der Waals surface area contributed by atoms with E-state index in [2.05, 4.69) is 57.2 Å². The molecule has 0 amide bonds. The number of hydrogen-bond donors (Lipinski definition) is 0. The maximum atomic E-state index is 12.7. The predicted octanol–water partition coefficient (Wildman–Crippen LogP) is 18.7. The van der Waals surface area contributed by atoms with Gasteiger partial charge in [-0.05, 0) is 44.9 Å². The van der Waals surface area contributed by atoms with E-state index >= 15 is 0 Å². The standard InChI is InChI=1S/C59H106O6/c1-4-7-10-13-16-18-20-22-23-24-25-26-27-28-29-30-31-32-33-34-35-37-38-40-43-46-49-52-58(61)64-55-56(54-63-57(60)51-48-45-42-15-12-9-6-3)65-59(62)53-50-47-44-41-39-36-21-19-17-14-11-8-5-2/h8,11,17,19,36,39,44,47,56H,4-7,9-10,12-16,18,20-35,37-38,40-43,45-46,48-55H2,1-3H3/b11-8-,19-17-,39-36-,47-44-. The van der Waals surface area contributed by atoms with Crippen molar-refractivity contribution in [1.82, 2.24) is 0 Å². The van der Waals surface area contributed by atoms with Gasteiger partial charge in [0.25, 0.3) is 0 Å². The van der Waals surface area contributed by atoms with Crippen molar-refractivity contribution in [1.29, 1.82) is 0 Å². The second-order valence-corrected chi connectivity index (χ2v) is 18.8. The second kappa shape index (κ2) is 54.0. The Morgan fingerprint density at radius 2 is 0.600 bits per heavy atom. The normalized spacial score (nSPS) is 12.4. The topological polar surface area (TPSA) is 78.9 Å². The van der Waals surface area contributed by atoms with Gasteiger partial charge in [-0.1, -0.05) is 275 Å². The number of esters is 3. The molecule has 0 N–H and O–H groups in total. The average molecular weight is 911 g/mol. The van der Waals surface area contributed by atoms with Gasteiger partial charge in [0, 0.05) is 19.3 Å². The minimum Gasteiger partial charge on any atom is -0.462 e. The van der Waals surface area contributed by atoms with E-state index < -0.39 is 6.10 Å². The third-order valence-electron chi connectivity index (χ3n) is 12.4. The van der Waals surface area contributed by atoms with Crippen molar-refractivity contribution < 1.29 is 28.6 Å². The molecule has 0 aromatic carbocycles. The SMILES string of the molecule is CC/C=C\C/C=C\C/C=C\C/C=C\CCC(=O)OC(COC(=O)CCCCCCCCC)COC(=O)CCCCCCCCCCCCCCCCCCCCCCCCCCCCC. The molecule has 6 heteroatoms. The van der Waals surface area contributed by atoms with Crippen molar-refractivity contribution >= 4 is 17.9 Å². The van der Waals surface area contributed by atoms with Crippen molar-refractivity contribution in [3.05, 3.63) is 48.6 Å². The summed E-state index contributed by atoms with van der Waals surface area (Å²) in [6.07, 6.45) is 65.9. The molecule has 1 unspecified atom stereocenters. The highest BCUT2D eigenvalue weighted by atomic mass is 16.6. The molecule has 0 saturated heterocycles. The number of unbranched alkanes of at least 4 members (excludes halogenated alkanes) is 32. The zero-order valence-electron chi connectivity index (χ0n) is 43.3. The van der Waals surface area contributed by atoms with Crippen molar-refractivity contribution in [3.8, 4) is 0 Å². The summed E-state index contributed by atoms with van der Waals surface area (Å²) in [5, 5.41) is 0. The molecule has 0 radical (unpaired) electrons. The van der Waals surface area contributed by atoms with E-state index in [-0.39, 0.29) is 37.5 Å². The molecule has 0 rings (SSSR count). The van der Waals surface area contributed by atoms with E-state index in [0.717, 1.165) is 64.2 Å². The number of rotatable bonds is 51. The third-order valence-corrected chi connectivity index (χ3v) is 12.4. The number of carbonyl (C=O) groups is 3. The zero-order chi connectivity index (χ0) is 47.2. The fourth-order valence-corrected chi connectivity index (χ4v) is 8.16. The van der Waals surface area contributed by atoms with Crippen LogP contribution < -0.4 is 0 Å². The molecule has 1 atom stereocenters. The van der Waals surface area contributed by atoms with Gasteiger partial charge in [0.05, 0.1) is 0 Å². The highest BCUT2D eigenvalue weighted by Gasteiger charge is 2.19. The third kappa shape index (κ3) is 52.2. The van der Waals surface area contributed by atoms with E-state index in [4.69, 9.17) is 14.2 Å². The minimum atomic E-state index is -0.805. The second-order valence-electron chi connectivity index (χ2n) is 18.8. The lowest BCUT2D eigenvalue weighted by atomic mass is 10.0. The summed E-state index contributed by atoms with van der Waals surface area (Å²) in [6.45, 7) is 6.44. The van der Waals surface area contributed by atoms with Crippen LogP contribution in [0.4, 0.5) is 0 Å². The summed E-state index contributed by atoms with van der Waals surface area (Å²) < 4.78 is 16.7. The van der Waals surface area contributed by atoms with Crippen LogP contribution in [0.5, 0.6) is 0 Å². The molecule has 0 fully saturated rings. The number of allylic oxidation sites excluding steroid dienone is 8. The van der Waals surface area contributed by atoms with E-state index in [9.17, 15) is 14.4 Å². The molecular weight excluding hydrogens is 805 g/mol. The molecule has 0 aromatic heterocycles. The Morgan fingerprint density at radius 3 is 0.908 bits per heavy atom. The number of ether oxygens (including phenoxy) is 3. The first-order valence-electron chi connectivity index (χ1n) is 28.1. The van der Waals surface area contributed by atoms with Crippen molar-refractivity contribution in [3.63, 3.8) is 0 Å². The van der Waals surface area contributed by atoms with E-state index in [1.807, 2.05) is 12.2 Å². The van der Waals surface area contributed by atoms with Crippen LogP contribution in [-0.4, -0.2) is 37.2 Å². The molecule has 0 saturated carbocycles. The van der Waals surface area contributed by atoms with Crippen LogP contribution >= 0.6 is 0 Å². The van der Waals surface area contributed by atoms with Crippen molar-refractivity contribution in [2.75, 3.05) is 13.2 Å². The van der Waals surface area contributed by atoms with E-state index in [1.165, 1.54) is 180 Å². The van der Waals surface area contributed by atoms with Crippen LogP contribution in [0.1, 0.15) is 290 Å². The van der Waals surface area contributed by atoms with Gasteiger partial charge in [0.15, 0.2) is 6.10 Å². The number of hydrogen-bond acceptors (Lipinski definition) is 6. The molecule has 378 valence electrons. The Kier molecular flexibility index (Phi) is 51.8. The molecule has 0 aliphatic rings. The van der Waals surface area contributed by atoms with E-state index in [1.54, 1.807) is 0 Å². The van der Waals surface area contributed by atoms with Crippen LogP contribution in [0, 0.1) is 0 Å². The van der Waals surface area contributed by atoms with Gasteiger partial charge >= 0.3 is 17.9 Å². The van der Waals surface area contributed by atoms with E-state index in [0.29, 0.717) is 19.3 Å². The smallest absolute Gasteiger partial charge is 0.306 e. The summed E-state index contributed by atoms with van der Waals surface area (Å²) in [7, 11) is 0. The van der Waals surface area contributed by atoms with Gasteiger partial charge in [-0.15, -0.1) is 0 Å². The summed E-state index contributed by atoms with van der Waals surface area (Å²) in [5.41, 5.74) is 0. The molecule has 0 aromatic rings. The Labute approximate surface area is 403 Å². The largest absolute Gasteiger partial charge is 0.462 e. The van der Waals surface area contributed by atoms with Gasteiger partial charge in [0.1, 0.15) is 13.2 Å². The van der Waals surface area contributed by atoms with Crippen LogP contribution in [-0.2, 0) is 28.6 Å². The molecule has 0 heterocycles. The Morgan fingerprint density at radius 1 is 0.323 bits per heavy atom. The molecular formula is C59H106O6.